The van der Waals surface area contributed by atoms with Crippen LogP contribution in [-0.4, -0.2) is 34.8 Å². The predicted molar refractivity (Wildman–Crippen MR) is 105 cm³/mol. The summed E-state index contributed by atoms with van der Waals surface area (Å²) in [5, 5.41) is 12.7. The van der Waals surface area contributed by atoms with E-state index in [2.05, 4.69) is 15.7 Å². The number of halogens is 2. The first kappa shape index (κ1) is 18.2. The van der Waals surface area contributed by atoms with Crippen LogP contribution in [-0.2, 0) is 0 Å². The van der Waals surface area contributed by atoms with Crippen molar-refractivity contribution in [3.63, 3.8) is 0 Å². The number of carbonyl (C=O) groups is 1. The lowest BCUT2D eigenvalue weighted by atomic mass is 10.2. The number of amides is 1. The van der Waals surface area contributed by atoms with Crippen molar-refractivity contribution in [1.29, 1.82) is 0 Å². The van der Waals surface area contributed by atoms with Crippen molar-refractivity contribution < 1.29 is 4.79 Å². The molecule has 5 nitrogen and oxygen atoms in total. The number of benzene rings is 1. The van der Waals surface area contributed by atoms with Gasteiger partial charge in [0.1, 0.15) is 4.83 Å². The van der Waals surface area contributed by atoms with Crippen LogP contribution in [0.25, 0.3) is 15.9 Å². The van der Waals surface area contributed by atoms with Gasteiger partial charge < -0.3 is 10.6 Å². The van der Waals surface area contributed by atoms with E-state index in [0.29, 0.717) is 5.02 Å². The standard InChI is InChI=1S/C17H17ClN4OS.ClH/c1-10-14-8-15(16(23)20-12-6-7-19-9-12)24-17(14)22(21-10)13-4-2-11(18)3-5-13;/h2-5,8,12,19H,6-7,9H2,1H3,(H,20,23);1H. The number of hydrogen-bond donors (Lipinski definition) is 2. The zero-order chi connectivity index (χ0) is 16.7. The molecule has 25 heavy (non-hydrogen) atoms. The minimum Gasteiger partial charge on any atom is -0.347 e. The average Bonchev–Trinajstić information content (AvgIpc) is 3.27. The summed E-state index contributed by atoms with van der Waals surface area (Å²) in [4.78, 5) is 14.2. The Balaban J connectivity index is 0.00000182. The van der Waals surface area contributed by atoms with Crippen molar-refractivity contribution in [3.8, 4) is 5.69 Å². The minimum atomic E-state index is -0.00745. The molecule has 1 unspecified atom stereocenters. The molecule has 3 aromatic rings. The molecule has 1 atom stereocenters. The fraction of sp³-hybridized carbons (Fsp3) is 0.294. The molecule has 3 heterocycles. The lowest BCUT2D eigenvalue weighted by Gasteiger charge is -2.09. The smallest absolute Gasteiger partial charge is 0.261 e. The second-order valence-corrected chi connectivity index (χ2v) is 7.43. The first-order valence-corrected chi connectivity index (χ1v) is 9.08. The summed E-state index contributed by atoms with van der Waals surface area (Å²) in [6.45, 7) is 3.76. The molecule has 2 N–H and O–H groups in total. The SMILES string of the molecule is Cc1nn(-c2ccc(Cl)cc2)c2sc(C(=O)NC3CCNC3)cc12.Cl. The Morgan fingerprint density at radius 2 is 2.16 bits per heavy atom. The van der Waals surface area contributed by atoms with Crippen molar-refractivity contribution in [2.45, 2.75) is 19.4 Å². The van der Waals surface area contributed by atoms with Crippen LogP contribution in [0, 0.1) is 6.92 Å². The largest absolute Gasteiger partial charge is 0.347 e. The lowest BCUT2D eigenvalue weighted by Crippen LogP contribution is -2.35. The number of aromatic nitrogens is 2. The molecule has 1 aliphatic rings. The third kappa shape index (κ3) is 3.53. The number of aryl methyl sites for hydroxylation is 1. The molecule has 0 aliphatic carbocycles. The molecular formula is C17H18Cl2N4OS. The Morgan fingerprint density at radius 1 is 1.40 bits per heavy atom. The second-order valence-electron chi connectivity index (χ2n) is 5.97. The topological polar surface area (TPSA) is 59.0 Å². The van der Waals surface area contributed by atoms with Gasteiger partial charge in [0.2, 0.25) is 0 Å². The van der Waals surface area contributed by atoms with Crippen LogP contribution in [0.5, 0.6) is 0 Å². The van der Waals surface area contributed by atoms with E-state index >= 15 is 0 Å². The normalized spacial score (nSPS) is 16.8. The van der Waals surface area contributed by atoms with Crippen LogP contribution < -0.4 is 10.6 Å². The molecule has 1 saturated heterocycles. The third-order valence-corrected chi connectivity index (χ3v) is 5.60. The minimum absolute atomic E-state index is 0. The Bertz CT molecular complexity index is 897. The van der Waals surface area contributed by atoms with Crippen LogP contribution in [0.15, 0.2) is 30.3 Å². The Morgan fingerprint density at radius 3 is 2.84 bits per heavy atom. The molecule has 1 amide bonds. The fourth-order valence-corrected chi connectivity index (χ4v) is 4.16. The lowest BCUT2D eigenvalue weighted by molar-refractivity contribution is 0.0944. The van der Waals surface area contributed by atoms with Gasteiger partial charge in [-0.25, -0.2) is 4.68 Å². The van der Waals surface area contributed by atoms with E-state index in [-0.39, 0.29) is 24.4 Å². The van der Waals surface area contributed by atoms with E-state index < -0.39 is 0 Å². The van der Waals surface area contributed by atoms with E-state index in [0.717, 1.165) is 46.0 Å². The number of thiophene rings is 1. The first-order valence-electron chi connectivity index (χ1n) is 7.88. The van der Waals surface area contributed by atoms with Gasteiger partial charge in [0.15, 0.2) is 0 Å². The van der Waals surface area contributed by atoms with Gasteiger partial charge in [0.05, 0.1) is 16.3 Å². The number of hydrogen-bond acceptors (Lipinski definition) is 4. The van der Waals surface area contributed by atoms with Crippen molar-refractivity contribution in [1.82, 2.24) is 20.4 Å². The summed E-state index contributed by atoms with van der Waals surface area (Å²) in [6, 6.07) is 9.70. The maximum atomic E-state index is 12.5. The van der Waals surface area contributed by atoms with Crippen molar-refractivity contribution in [2.75, 3.05) is 13.1 Å². The fourth-order valence-electron chi connectivity index (χ4n) is 2.95. The van der Waals surface area contributed by atoms with Gasteiger partial charge in [0, 0.05) is 23.0 Å². The van der Waals surface area contributed by atoms with E-state index in [1.54, 1.807) is 0 Å². The zero-order valence-corrected chi connectivity index (χ0v) is 16.0. The van der Waals surface area contributed by atoms with Gasteiger partial charge in [-0.05, 0) is 50.2 Å². The number of nitrogens with one attached hydrogen (secondary N) is 2. The predicted octanol–water partition coefficient (Wildman–Crippen LogP) is 3.56. The van der Waals surface area contributed by atoms with Gasteiger partial charge in [-0.2, -0.15) is 5.10 Å². The summed E-state index contributed by atoms with van der Waals surface area (Å²) in [5.74, 6) is -0.00745. The highest BCUT2D eigenvalue weighted by Gasteiger charge is 2.21. The van der Waals surface area contributed by atoms with Crippen molar-refractivity contribution >= 4 is 51.5 Å². The van der Waals surface area contributed by atoms with Crippen LogP contribution in [0.4, 0.5) is 0 Å². The summed E-state index contributed by atoms with van der Waals surface area (Å²) in [5.41, 5.74) is 1.85. The highest BCUT2D eigenvalue weighted by atomic mass is 35.5. The molecule has 0 radical (unpaired) electrons. The van der Waals surface area contributed by atoms with Gasteiger partial charge in [0.25, 0.3) is 5.91 Å². The molecule has 1 aliphatic heterocycles. The molecule has 8 heteroatoms. The van der Waals surface area contributed by atoms with E-state index in [1.165, 1.54) is 11.3 Å². The quantitative estimate of drug-likeness (QED) is 0.711. The molecule has 132 valence electrons. The molecule has 2 aromatic heterocycles. The average molecular weight is 397 g/mol. The Labute approximate surface area is 160 Å². The van der Waals surface area contributed by atoms with Gasteiger partial charge in [-0.3, -0.25) is 4.79 Å². The van der Waals surface area contributed by atoms with Crippen molar-refractivity contribution in [3.05, 3.63) is 45.9 Å². The van der Waals surface area contributed by atoms with Crippen LogP contribution >= 0.6 is 35.3 Å². The highest BCUT2D eigenvalue weighted by Crippen LogP contribution is 2.30. The van der Waals surface area contributed by atoms with Crippen LogP contribution in [0.2, 0.25) is 5.02 Å². The summed E-state index contributed by atoms with van der Waals surface area (Å²) >= 11 is 7.43. The molecule has 0 bridgehead atoms. The van der Waals surface area contributed by atoms with Gasteiger partial charge in [-0.1, -0.05) is 11.6 Å². The molecular weight excluding hydrogens is 379 g/mol. The van der Waals surface area contributed by atoms with Gasteiger partial charge >= 0.3 is 0 Å². The van der Waals surface area contributed by atoms with E-state index in [4.69, 9.17) is 11.6 Å². The summed E-state index contributed by atoms with van der Waals surface area (Å²) < 4.78 is 1.87. The zero-order valence-electron chi connectivity index (χ0n) is 13.6. The number of carbonyl (C=O) groups excluding carboxylic acids is 1. The molecule has 0 saturated carbocycles. The number of fused-ring (bicyclic) bond motifs is 1. The summed E-state index contributed by atoms with van der Waals surface area (Å²) in [6.07, 6.45) is 0.980. The van der Waals surface area contributed by atoms with Crippen LogP contribution in [0.1, 0.15) is 21.8 Å². The van der Waals surface area contributed by atoms with Crippen molar-refractivity contribution in [2.24, 2.45) is 0 Å². The third-order valence-electron chi connectivity index (χ3n) is 4.24. The van der Waals surface area contributed by atoms with E-state index in [9.17, 15) is 4.79 Å². The number of rotatable bonds is 3. The number of nitrogens with zero attached hydrogens (tertiary/aromatic N) is 2. The van der Waals surface area contributed by atoms with E-state index in [1.807, 2.05) is 41.9 Å². The monoisotopic (exact) mass is 396 g/mol. The van der Waals surface area contributed by atoms with Crippen LogP contribution in [0.3, 0.4) is 0 Å². The first-order chi connectivity index (χ1) is 11.6. The maximum absolute atomic E-state index is 12.5. The van der Waals surface area contributed by atoms with Gasteiger partial charge in [-0.15, -0.1) is 23.7 Å². The molecule has 0 spiro atoms. The maximum Gasteiger partial charge on any atom is 0.261 e. The highest BCUT2D eigenvalue weighted by molar-refractivity contribution is 7.20. The Hall–Kier alpha value is -1.60. The molecule has 1 aromatic carbocycles. The molecule has 4 rings (SSSR count). The molecule has 1 fully saturated rings. The second kappa shape index (κ2) is 7.33. The summed E-state index contributed by atoms with van der Waals surface area (Å²) in [7, 11) is 0. The Kier molecular flexibility index (Phi) is 5.34.